The number of hydrogen-bond acceptors (Lipinski definition) is 4. The van der Waals surface area contributed by atoms with Crippen LogP contribution in [0, 0.1) is 0 Å². The molecule has 1 aliphatic rings. The number of H-pyrrole nitrogens is 1. The second-order valence-corrected chi connectivity index (χ2v) is 6.82. The van der Waals surface area contributed by atoms with Gasteiger partial charge < -0.3 is 5.32 Å². The van der Waals surface area contributed by atoms with Gasteiger partial charge in [0.15, 0.2) is 0 Å². The summed E-state index contributed by atoms with van der Waals surface area (Å²) in [5.74, 6) is 0.464. The van der Waals surface area contributed by atoms with E-state index in [1.54, 1.807) is 17.5 Å². The molecule has 4 rings (SSSR count). The Balaban J connectivity index is 1.86. The third-order valence-electron chi connectivity index (χ3n) is 4.12. The Kier molecular flexibility index (Phi) is 3.00. The van der Waals surface area contributed by atoms with Crippen LogP contribution in [0.1, 0.15) is 48.4 Å². The molecule has 2 aromatic heterocycles. The Hall–Kier alpha value is -2.21. The first-order valence-corrected chi connectivity index (χ1v) is 8.22. The molecule has 1 amide bonds. The van der Waals surface area contributed by atoms with E-state index in [4.69, 9.17) is 4.98 Å². The summed E-state index contributed by atoms with van der Waals surface area (Å²) in [5, 5.41) is 14.1. The van der Waals surface area contributed by atoms with Gasteiger partial charge in [-0.25, -0.2) is 4.98 Å². The van der Waals surface area contributed by atoms with Gasteiger partial charge in [-0.1, -0.05) is 19.9 Å². The zero-order valence-corrected chi connectivity index (χ0v) is 13.2. The number of nitrogens with zero attached hydrogens (tertiary/aromatic N) is 2. The van der Waals surface area contributed by atoms with Crippen LogP contribution in [0.15, 0.2) is 23.7 Å². The molecule has 0 bridgehead atoms. The predicted octanol–water partition coefficient (Wildman–Crippen LogP) is 3.62. The number of hydrogen-bond donors (Lipinski definition) is 2. The molecule has 0 radical (unpaired) electrons. The van der Waals surface area contributed by atoms with Crippen molar-refractivity contribution in [3.8, 4) is 0 Å². The van der Waals surface area contributed by atoms with Crippen LogP contribution in [0.25, 0.3) is 10.9 Å². The van der Waals surface area contributed by atoms with Gasteiger partial charge in [-0.05, 0) is 17.5 Å². The fraction of sp³-hybridized carbons (Fsp3) is 0.312. The molecule has 1 aliphatic heterocycles. The lowest BCUT2D eigenvalue weighted by molar-refractivity contribution is -0.116. The van der Waals surface area contributed by atoms with Crippen molar-refractivity contribution < 1.29 is 4.79 Å². The van der Waals surface area contributed by atoms with E-state index in [-0.39, 0.29) is 11.8 Å². The number of carbonyl (C=O) groups excluding carboxylic acids is 1. The van der Waals surface area contributed by atoms with Crippen molar-refractivity contribution in [2.75, 3.05) is 5.32 Å². The van der Waals surface area contributed by atoms with Crippen molar-refractivity contribution in [3.05, 3.63) is 40.0 Å². The van der Waals surface area contributed by atoms with Gasteiger partial charge in [0.25, 0.3) is 0 Å². The first-order chi connectivity index (χ1) is 10.6. The minimum absolute atomic E-state index is 0.0283. The Bertz CT molecular complexity index is 864. The van der Waals surface area contributed by atoms with Crippen molar-refractivity contribution in [2.45, 2.75) is 32.1 Å². The maximum Gasteiger partial charge on any atom is 0.225 e. The minimum Gasteiger partial charge on any atom is -0.325 e. The van der Waals surface area contributed by atoms with Crippen molar-refractivity contribution in [3.63, 3.8) is 0 Å². The monoisotopic (exact) mass is 312 g/mol. The van der Waals surface area contributed by atoms with E-state index >= 15 is 0 Å². The highest BCUT2D eigenvalue weighted by atomic mass is 32.1. The molecule has 0 saturated carbocycles. The van der Waals surface area contributed by atoms with Crippen LogP contribution in [-0.4, -0.2) is 21.1 Å². The minimum atomic E-state index is 0.0283. The standard InChI is InChI=1S/C16H16N4OS/c1-8(2)13-7-22-16(18-13)10-5-14(21)19-15-9(10)3-4-12-11(15)6-17-20-12/h3-4,6-8,10H,5H2,1-2H3,(H,17,20)(H,19,21). The highest BCUT2D eigenvalue weighted by molar-refractivity contribution is 7.09. The van der Waals surface area contributed by atoms with E-state index in [0.717, 1.165) is 32.9 Å². The van der Waals surface area contributed by atoms with E-state index in [1.807, 2.05) is 6.07 Å². The normalized spacial score (nSPS) is 17.8. The van der Waals surface area contributed by atoms with Crippen LogP contribution >= 0.6 is 11.3 Å². The van der Waals surface area contributed by atoms with Crippen LogP contribution in [-0.2, 0) is 4.79 Å². The highest BCUT2D eigenvalue weighted by Crippen LogP contribution is 2.41. The summed E-state index contributed by atoms with van der Waals surface area (Å²) in [4.78, 5) is 16.9. The van der Waals surface area contributed by atoms with Crippen LogP contribution < -0.4 is 5.32 Å². The van der Waals surface area contributed by atoms with Crippen LogP contribution in [0.5, 0.6) is 0 Å². The van der Waals surface area contributed by atoms with Gasteiger partial charge in [-0.3, -0.25) is 9.89 Å². The van der Waals surface area contributed by atoms with Gasteiger partial charge in [0.05, 0.1) is 23.1 Å². The van der Waals surface area contributed by atoms with Gasteiger partial charge in [0.2, 0.25) is 5.91 Å². The zero-order valence-electron chi connectivity index (χ0n) is 12.4. The molecular weight excluding hydrogens is 296 g/mol. The molecule has 22 heavy (non-hydrogen) atoms. The van der Waals surface area contributed by atoms with Gasteiger partial charge in [0.1, 0.15) is 5.01 Å². The lowest BCUT2D eigenvalue weighted by Gasteiger charge is -2.24. The average molecular weight is 312 g/mol. The lowest BCUT2D eigenvalue weighted by atomic mass is 9.89. The summed E-state index contributed by atoms with van der Waals surface area (Å²) in [6, 6.07) is 4.08. The number of anilines is 1. The molecule has 112 valence electrons. The van der Waals surface area contributed by atoms with Crippen LogP contribution in [0.4, 0.5) is 5.69 Å². The van der Waals surface area contributed by atoms with Crippen molar-refractivity contribution in [1.82, 2.24) is 15.2 Å². The Morgan fingerprint density at radius 2 is 2.23 bits per heavy atom. The molecule has 5 nitrogen and oxygen atoms in total. The quantitative estimate of drug-likeness (QED) is 0.759. The molecule has 3 aromatic rings. The third kappa shape index (κ3) is 2.02. The van der Waals surface area contributed by atoms with E-state index in [0.29, 0.717) is 12.3 Å². The molecule has 0 saturated heterocycles. The van der Waals surface area contributed by atoms with Crippen LogP contribution in [0.3, 0.4) is 0 Å². The molecule has 0 fully saturated rings. The summed E-state index contributed by atoms with van der Waals surface area (Å²) in [7, 11) is 0. The molecular formula is C16H16N4OS. The number of nitrogens with one attached hydrogen (secondary N) is 2. The van der Waals surface area contributed by atoms with Gasteiger partial charge >= 0.3 is 0 Å². The van der Waals surface area contributed by atoms with E-state index in [1.165, 1.54) is 0 Å². The first-order valence-electron chi connectivity index (χ1n) is 7.34. The Morgan fingerprint density at radius 1 is 1.36 bits per heavy atom. The maximum atomic E-state index is 12.2. The van der Waals surface area contributed by atoms with Crippen molar-refractivity contribution in [1.29, 1.82) is 0 Å². The van der Waals surface area contributed by atoms with E-state index in [2.05, 4.69) is 40.8 Å². The smallest absolute Gasteiger partial charge is 0.225 e. The van der Waals surface area contributed by atoms with E-state index in [9.17, 15) is 4.79 Å². The van der Waals surface area contributed by atoms with Crippen LogP contribution in [0.2, 0.25) is 0 Å². The van der Waals surface area contributed by atoms with Gasteiger partial charge in [-0.2, -0.15) is 5.10 Å². The number of benzene rings is 1. The predicted molar refractivity (Wildman–Crippen MR) is 87.4 cm³/mol. The summed E-state index contributed by atoms with van der Waals surface area (Å²) in [6.45, 7) is 4.27. The van der Waals surface area contributed by atoms with Gasteiger partial charge in [0, 0.05) is 23.1 Å². The zero-order chi connectivity index (χ0) is 15.3. The first kappa shape index (κ1) is 13.5. The number of aromatic nitrogens is 3. The Labute approximate surface area is 131 Å². The topological polar surface area (TPSA) is 70.7 Å². The SMILES string of the molecule is CC(C)c1csc(C2CC(=O)Nc3c2ccc2[nH]ncc32)n1. The fourth-order valence-corrected chi connectivity index (χ4v) is 4.00. The molecule has 2 N–H and O–H groups in total. The molecule has 0 aliphatic carbocycles. The van der Waals surface area contributed by atoms with Crippen molar-refractivity contribution in [2.24, 2.45) is 0 Å². The highest BCUT2D eigenvalue weighted by Gasteiger charge is 2.30. The molecule has 0 spiro atoms. The molecule has 6 heteroatoms. The summed E-state index contributed by atoms with van der Waals surface area (Å²) in [5.41, 5.74) is 4.02. The third-order valence-corrected chi connectivity index (χ3v) is 5.09. The molecule has 1 unspecified atom stereocenters. The number of fused-ring (bicyclic) bond motifs is 3. The molecule has 3 heterocycles. The fourth-order valence-electron chi connectivity index (χ4n) is 2.90. The van der Waals surface area contributed by atoms with Crippen molar-refractivity contribution >= 4 is 33.8 Å². The summed E-state index contributed by atoms with van der Waals surface area (Å²) >= 11 is 1.64. The largest absolute Gasteiger partial charge is 0.325 e. The van der Waals surface area contributed by atoms with E-state index < -0.39 is 0 Å². The summed E-state index contributed by atoms with van der Waals surface area (Å²) < 4.78 is 0. The molecule has 1 atom stereocenters. The van der Waals surface area contributed by atoms with Gasteiger partial charge in [-0.15, -0.1) is 11.3 Å². The summed E-state index contributed by atoms with van der Waals surface area (Å²) in [6.07, 6.45) is 2.21. The number of rotatable bonds is 2. The second-order valence-electron chi connectivity index (χ2n) is 5.93. The lowest BCUT2D eigenvalue weighted by Crippen LogP contribution is -2.23. The number of aromatic amines is 1. The maximum absolute atomic E-state index is 12.2. The molecule has 1 aromatic carbocycles. The number of amides is 1. The Morgan fingerprint density at radius 3 is 3.00 bits per heavy atom. The number of carbonyl (C=O) groups is 1. The average Bonchev–Trinajstić information content (AvgIpc) is 3.15. The number of thiazole rings is 1. The second kappa shape index (κ2) is 4.91.